The summed E-state index contributed by atoms with van der Waals surface area (Å²) in [6.45, 7) is 1.34. The molecular weight excluding hydrogens is 190 g/mol. The van der Waals surface area contributed by atoms with E-state index in [9.17, 15) is 4.79 Å². The van der Waals surface area contributed by atoms with Crippen LogP contribution in [0.2, 0.25) is 0 Å². The van der Waals surface area contributed by atoms with Gasteiger partial charge < -0.3 is 4.74 Å². The number of nitrogens with zero attached hydrogens (tertiary/aromatic N) is 1. The highest BCUT2D eigenvalue weighted by atomic mass is 16.5. The molecule has 3 heteroatoms. The molecule has 1 aliphatic heterocycles. The van der Waals surface area contributed by atoms with Gasteiger partial charge in [-0.05, 0) is 19.0 Å². The first kappa shape index (κ1) is 10.2. The minimum absolute atomic E-state index is 0.104. The lowest BCUT2D eigenvalue weighted by molar-refractivity contribution is -0.156. The second-order valence-electron chi connectivity index (χ2n) is 3.85. The van der Waals surface area contributed by atoms with Crippen LogP contribution in [0.3, 0.4) is 0 Å². The molecule has 1 atom stereocenters. The lowest BCUT2D eigenvalue weighted by Gasteiger charge is -2.30. The Bertz CT molecular complexity index is 337. The van der Waals surface area contributed by atoms with Crippen LogP contribution in [0.1, 0.15) is 5.56 Å². The molecule has 80 valence electrons. The molecule has 15 heavy (non-hydrogen) atoms. The molecule has 1 fully saturated rings. The molecule has 1 unspecified atom stereocenters. The molecule has 0 saturated carbocycles. The molecule has 0 bridgehead atoms. The van der Waals surface area contributed by atoms with Crippen LogP contribution in [0.15, 0.2) is 30.3 Å². The van der Waals surface area contributed by atoms with Crippen molar-refractivity contribution in [1.82, 2.24) is 4.90 Å². The van der Waals surface area contributed by atoms with Crippen molar-refractivity contribution in [3.05, 3.63) is 35.9 Å². The van der Waals surface area contributed by atoms with Crippen LogP contribution in [-0.2, 0) is 16.0 Å². The summed E-state index contributed by atoms with van der Waals surface area (Å²) in [5.74, 6) is -0.104. The Labute approximate surface area is 89.7 Å². The summed E-state index contributed by atoms with van der Waals surface area (Å²) in [4.78, 5) is 13.6. The molecule has 1 heterocycles. The maximum absolute atomic E-state index is 11.5. The third-order valence-corrected chi connectivity index (χ3v) is 2.76. The van der Waals surface area contributed by atoms with Gasteiger partial charge >= 0.3 is 5.97 Å². The van der Waals surface area contributed by atoms with Crippen molar-refractivity contribution in [2.45, 2.75) is 12.5 Å². The Hall–Kier alpha value is -1.35. The number of morpholine rings is 1. The zero-order chi connectivity index (χ0) is 10.7. The summed E-state index contributed by atoms with van der Waals surface area (Å²) in [5, 5.41) is 0. The Morgan fingerprint density at radius 2 is 2.13 bits per heavy atom. The highest BCUT2D eigenvalue weighted by Crippen LogP contribution is 2.12. The lowest BCUT2D eigenvalue weighted by Crippen LogP contribution is -2.47. The zero-order valence-electron chi connectivity index (χ0n) is 8.85. The quantitative estimate of drug-likeness (QED) is 0.677. The van der Waals surface area contributed by atoms with Crippen LogP contribution in [0, 0.1) is 0 Å². The smallest absolute Gasteiger partial charge is 0.323 e. The van der Waals surface area contributed by atoms with Crippen LogP contribution in [-0.4, -0.2) is 37.1 Å². The van der Waals surface area contributed by atoms with E-state index >= 15 is 0 Å². The van der Waals surface area contributed by atoms with E-state index < -0.39 is 0 Å². The van der Waals surface area contributed by atoms with Gasteiger partial charge in [0.05, 0.1) is 0 Å². The second kappa shape index (κ2) is 4.45. The molecule has 0 aromatic heterocycles. The maximum atomic E-state index is 11.5. The van der Waals surface area contributed by atoms with Crippen molar-refractivity contribution in [3.63, 3.8) is 0 Å². The molecule has 1 aromatic rings. The fourth-order valence-corrected chi connectivity index (χ4v) is 1.80. The van der Waals surface area contributed by atoms with Gasteiger partial charge in [0.2, 0.25) is 0 Å². The number of hydrogen-bond acceptors (Lipinski definition) is 3. The Kier molecular flexibility index (Phi) is 3.02. The number of benzene rings is 1. The largest absolute Gasteiger partial charge is 0.463 e. The van der Waals surface area contributed by atoms with Crippen molar-refractivity contribution in [2.24, 2.45) is 0 Å². The highest BCUT2D eigenvalue weighted by molar-refractivity contribution is 5.76. The normalized spacial score (nSPS) is 22.5. The van der Waals surface area contributed by atoms with Crippen LogP contribution < -0.4 is 0 Å². The predicted octanol–water partition coefficient (Wildman–Crippen LogP) is 1.09. The number of rotatable bonds is 2. The van der Waals surface area contributed by atoms with Crippen LogP contribution in [0.5, 0.6) is 0 Å². The van der Waals surface area contributed by atoms with Crippen molar-refractivity contribution in [3.8, 4) is 0 Å². The standard InChI is InChI=1S/C12H15NO2/c1-13-7-8-15-12(14)11(13)9-10-5-3-2-4-6-10/h2-6,11H,7-9H2,1H3. The van der Waals surface area contributed by atoms with E-state index in [0.717, 1.165) is 13.0 Å². The number of likely N-dealkylation sites (N-methyl/N-ethyl adjacent to an activating group) is 1. The summed E-state index contributed by atoms with van der Waals surface area (Å²) >= 11 is 0. The molecule has 0 spiro atoms. The van der Waals surface area contributed by atoms with E-state index in [1.807, 2.05) is 37.4 Å². The van der Waals surface area contributed by atoms with E-state index in [1.54, 1.807) is 0 Å². The number of carbonyl (C=O) groups is 1. The second-order valence-corrected chi connectivity index (χ2v) is 3.85. The summed E-state index contributed by atoms with van der Waals surface area (Å²) in [7, 11) is 1.97. The third-order valence-electron chi connectivity index (χ3n) is 2.76. The minimum atomic E-state index is -0.124. The van der Waals surface area contributed by atoms with E-state index in [2.05, 4.69) is 4.90 Å². The van der Waals surface area contributed by atoms with Gasteiger partial charge in [-0.25, -0.2) is 0 Å². The molecule has 1 aliphatic rings. The van der Waals surface area contributed by atoms with Gasteiger partial charge in [0.25, 0.3) is 0 Å². The number of hydrogen-bond donors (Lipinski definition) is 0. The summed E-state index contributed by atoms with van der Waals surface area (Å²) in [6, 6.07) is 9.91. The molecule has 0 N–H and O–H groups in total. The fraction of sp³-hybridized carbons (Fsp3) is 0.417. The average molecular weight is 205 g/mol. The molecule has 3 nitrogen and oxygen atoms in total. The number of esters is 1. The zero-order valence-corrected chi connectivity index (χ0v) is 8.85. The van der Waals surface area contributed by atoms with Crippen molar-refractivity contribution in [2.75, 3.05) is 20.2 Å². The van der Waals surface area contributed by atoms with Crippen molar-refractivity contribution < 1.29 is 9.53 Å². The first-order chi connectivity index (χ1) is 7.27. The van der Waals surface area contributed by atoms with Gasteiger partial charge in [0, 0.05) is 6.54 Å². The summed E-state index contributed by atoms with van der Waals surface area (Å²) in [5.41, 5.74) is 1.17. The molecule has 1 saturated heterocycles. The van der Waals surface area contributed by atoms with Gasteiger partial charge in [-0.1, -0.05) is 30.3 Å². The number of cyclic esters (lactones) is 1. The third kappa shape index (κ3) is 2.36. The van der Waals surface area contributed by atoms with E-state index in [4.69, 9.17) is 4.74 Å². The number of carbonyl (C=O) groups excluding carboxylic acids is 1. The molecular formula is C12H15NO2. The van der Waals surface area contributed by atoms with E-state index in [1.165, 1.54) is 5.56 Å². The Balaban J connectivity index is 2.07. The summed E-state index contributed by atoms with van der Waals surface area (Å²) < 4.78 is 5.05. The molecule has 0 amide bonds. The molecule has 0 aliphatic carbocycles. The van der Waals surface area contributed by atoms with Gasteiger partial charge in [0.1, 0.15) is 12.6 Å². The topological polar surface area (TPSA) is 29.5 Å². The van der Waals surface area contributed by atoms with Crippen LogP contribution in [0.25, 0.3) is 0 Å². The van der Waals surface area contributed by atoms with Crippen molar-refractivity contribution >= 4 is 5.97 Å². The SMILES string of the molecule is CN1CCOC(=O)C1Cc1ccccc1. The maximum Gasteiger partial charge on any atom is 0.323 e. The number of ether oxygens (including phenoxy) is 1. The Morgan fingerprint density at radius 3 is 2.80 bits per heavy atom. The van der Waals surface area contributed by atoms with Crippen LogP contribution >= 0.6 is 0 Å². The predicted molar refractivity (Wildman–Crippen MR) is 57.5 cm³/mol. The highest BCUT2D eigenvalue weighted by Gasteiger charge is 2.28. The van der Waals surface area contributed by atoms with Gasteiger partial charge in [-0.2, -0.15) is 0 Å². The van der Waals surface area contributed by atoms with E-state index in [-0.39, 0.29) is 12.0 Å². The van der Waals surface area contributed by atoms with Crippen molar-refractivity contribution in [1.29, 1.82) is 0 Å². The van der Waals surface area contributed by atoms with Gasteiger partial charge in [-0.3, -0.25) is 9.69 Å². The fourth-order valence-electron chi connectivity index (χ4n) is 1.80. The average Bonchev–Trinajstić information content (AvgIpc) is 2.25. The Morgan fingerprint density at radius 1 is 1.40 bits per heavy atom. The van der Waals surface area contributed by atoms with Gasteiger partial charge in [0.15, 0.2) is 0 Å². The first-order valence-corrected chi connectivity index (χ1v) is 5.18. The monoisotopic (exact) mass is 205 g/mol. The molecule has 0 radical (unpaired) electrons. The van der Waals surface area contributed by atoms with E-state index in [0.29, 0.717) is 6.61 Å². The first-order valence-electron chi connectivity index (χ1n) is 5.18. The minimum Gasteiger partial charge on any atom is -0.463 e. The lowest BCUT2D eigenvalue weighted by atomic mass is 10.0. The van der Waals surface area contributed by atoms with Crippen LogP contribution in [0.4, 0.5) is 0 Å². The molecule has 2 rings (SSSR count). The molecule has 1 aromatic carbocycles. The van der Waals surface area contributed by atoms with Gasteiger partial charge in [-0.15, -0.1) is 0 Å². The summed E-state index contributed by atoms with van der Waals surface area (Å²) in [6.07, 6.45) is 0.732.